The van der Waals surface area contributed by atoms with Crippen LogP contribution in [0.4, 0.5) is 0 Å². The Morgan fingerprint density at radius 2 is 2.08 bits per heavy atom. The molecule has 0 unspecified atom stereocenters. The molecule has 3 heteroatoms. The van der Waals surface area contributed by atoms with Crippen molar-refractivity contribution in [3.05, 3.63) is 23.7 Å². The summed E-state index contributed by atoms with van der Waals surface area (Å²) in [4.78, 5) is 11.4. The van der Waals surface area contributed by atoms with Crippen LogP contribution in [0.15, 0.2) is 16.7 Å². The fraction of sp³-hybridized carbons (Fsp3) is 0.500. The second-order valence-corrected chi connectivity index (χ2v) is 3.93. The number of carbonyl (C=O) groups excluding carboxylic acids is 1. The third kappa shape index (κ3) is 2.61. The molecule has 0 amide bonds. The molecule has 1 aromatic rings. The summed E-state index contributed by atoms with van der Waals surface area (Å²) in [5.41, 5.74) is 0.324. The second-order valence-electron chi connectivity index (χ2n) is 3.93. The van der Waals surface area contributed by atoms with Crippen LogP contribution in [0.2, 0.25) is 0 Å². The molecule has 1 aromatic heterocycles. The Bertz CT molecular complexity index is 304. The van der Waals surface area contributed by atoms with E-state index in [0.29, 0.717) is 0 Å². The summed E-state index contributed by atoms with van der Waals surface area (Å²) in [6.07, 6.45) is 1.48. The quantitative estimate of drug-likeness (QED) is 0.626. The zero-order valence-corrected chi connectivity index (χ0v) is 8.38. The summed E-state index contributed by atoms with van der Waals surface area (Å²) >= 11 is 0. The van der Waals surface area contributed by atoms with Gasteiger partial charge in [-0.15, -0.1) is 0 Å². The Balaban J connectivity index is 2.76. The average Bonchev–Trinajstić information content (AvgIpc) is 2.30. The monoisotopic (exact) mass is 182 g/mol. The van der Waals surface area contributed by atoms with Gasteiger partial charge in [0.1, 0.15) is 5.60 Å². The summed E-state index contributed by atoms with van der Waals surface area (Å²) in [5, 5.41) is 0. The number of ether oxygens (including phenoxy) is 1. The molecule has 1 heterocycles. The van der Waals surface area contributed by atoms with E-state index in [1.165, 1.54) is 6.26 Å². The van der Waals surface area contributed by atoms with Crippen LogP contribution in [0.3, 0.4) is 0 Å². The van der Waals surface area contributed by atoms with Crippen LogP contribution in [0, 0.1) is 6.92 Å². The maximum absolute atomic E-state index is 11.4. The van der Waals surface area contributed by atoms with Gasteiger partial charge in [0, 0.05) is 5.56 Å². The summed E-state index contributed by atoms with van der Waals surface area (Å²) < 4.78 is 10.1. The molecule has 0 radical (unpaired) electrons. The van der Waals surface area contributed by atoms with Gasteiger partial charge in [-0.25, -0.2) is 4.79 Å². The van der Waals surface area contributed by atoms with E-state index in [1.54, 1.807) is 6.07 Å². The van der Waals surface area contributed by atoms with Gasteiger partial charge in [-0.3, -0.25) is 0 Å². The molecule has 13 heavy (non-hydrogen) atoms. The lowest BCUT2D eigenvalue weighted by Gasteiger charge is -2.18. The molecule has 0 fully saturated rings. The number of esters is 1. The number of hydrogen-bond donors (Lipinski definition) is 0. The summed E-state index contributed by atoms with van der Waals surface area (Å²) in [6, 6.07) is 1.74. The van der Waals surface area contributed by atoms with Crippen LogP contribution in [-0.2, 0) is 4.74 Å². The Labute approximate surface area is 77.7 Å². The minimum Gasteiger partial charge on any atom is -0.457 e. The van der Waals surface area contributed by atoms with Gasteiger partial charge in [-0.1, -0.05) is 0 Å². The van der Waals surface area contributed by atoms with E-state index in [0.717, 1.165) is 5.56 Å². The third-order valence-corrected chi connectivity index (χ3v) is 1.45. The first-order valence-electron chi connectivity index (χ1n) is 4.17. The largest absolute Gasteiger partial charge is 0.457 e. The number of carbonyl (C=O) groups is 1. The predicted octanol–water partition coefficient (Wildman–Crippen LogP) is 2.54. The molecule has 3 nitrogen and oxygen atoms in total. The lowest BCUT2D eigenvalue weighted by molar-refractivity contribution is 0.00350. The Morgan fingerprint density at radius 1 is 1.46 bits per heavy atom. The van der Waals surface area contributed by atoms with Crippen molar-refractivity contribution in [1.29, 1.82) is 0 Å². The highest BCUT2D eigenvalue weighted by molar-refractivity contribution is 5.88. The molecule has 0 aliphatic carbocycles. The van der Waals surface area contributed by atoms with E-state index in [9.17, 15) is 4.79 Å². The fourth-order valence-electron chi connectivity index (χ4n) is 0.906. The summed E-state index contributed by atoms with van der Waals surface area (Å²) in [6.45, 7) is 7.28. The predicted molar refractivity (Wildman–Crippen MR) is 48.6 cm³/mol. The zero-order valence-electron chi connectivity index (χ0n) is 8.38. The number of hydrogen-bond acceptors (Lipinski definition) is 3. The first-order chi connectivity index (χ1) is 5.90. The van der Waals surface area contributed by atoms with Crippen LogP contribution >= 0.6 is 0 Å². The van der Waals surface area contributed by atoms with Gasteiger partial charge in [0.2, 0.25) is 5.76 Å². The average molecular weight is 182 g/mol. The van der Waals surface area contributed by atoms with Gasteiger partial charge in [-0.05, 0) is 33.8 Å². The molecule has 0 saturated heterocycles. The molecular formula is C10H14O3. The van der Waals surface area contributed by atoms with Crippen LogP contribution in [-0.4, -0.2) is 11.6 Å². The lowest BCUT2D eigenvalue weighted by Crippen LogP contribution is -2.23. The second kappa shape index (κ2) is 3.24. The van der Waals surface area contributed by atoms with E-state index in [1.807, 2.05) is 27.7 Å². The van der Waals surface area contributed by atoms with Gasteiger partial charge in [0.05, 0.1) is 6.26 Å². The van der Waals surface area contributed by atoms with Crippen LogP contribution in [0.1, 0.15) is 36.9 Å². The molecule has 0 bridgehead atoms. The number of furan rings is 1. The molecule has 0 aliphatic rings. The molecule has 0 aliphatic heterocycles. The van der Waals surface area contributed by atoms with E-state index >= 15 is 0 Å². The van der Waals surface area contributed by atoms with Crippen molar-refractivity contribution in [1.82, 2.24) is 0 Å². The van der Waals surface area contributed by atoms with Crippen LogP contribution in [0.5, 0.6) is 0 Å². The molecule has 0 atom stereocenters. The Kier molecular flexibility index (Phi) is 2.45. The highest BCUT2D eigenvalue weighted by Crippen LogP contribution is 2.15. The van der Waals surface area contributed by atoms with Gasteiger partial charge in [-0.2, -0.15) is 0 Å². The van der Waals surface area contributed by atoms with Crippen LogP contribution in [0.25, 0.3) is 0 Å². The first kappa shape index (κ1) is 9.84. The fourth-order valence-corrected chi connectivity index (χ4v) is 0.906. The zero-order chi connectivity index (χ0) is 10.1. The summed E-state index contributed by atoms with van der Waals surface area (Å²) in [7, 11) is 0. The topological polar surface area (TPSA) is 39.4 Å². The molecule has 0 aromatic carbocycles. The van der Waals surface area contributed by atoms with Crippen molar-refractivity contribution < 1.29 is 13.9 Å². The standard InChI is InChI=1S/C10H14O3/c1-7-5-6-12-8(7)9(11)13-10(2,3)4/h5-6H,1-4H3. The molecule has 0 N–H and O–H groups in total. The minimum absolute atomic E-state index is 0.287. The number of rotatable bonds is 1. The molecule has 0 saturated carbocycles. The lowest BCUT2D eigenvalue weighted by atomic mass is 10.2. The maximum Gasteiger partial charge on any atom is 0.375 e. The van der Waals surface area contributed by atoms with Crippen molar-refractivity contribution in [2.45, 2.75) is 33.3 Å². The van der Waals surface area contributed by atoms with E-state index in [2.05, 4.69) is 0 Å². The van der Waals surface area contributed by atoms with Gasteiger partial charge in [0.15, 0.2) is 0 Å². The van der Waals surface area contributed by atoms with Crippen molar-refractivity contribution in [3.63, 3.8) is 0 Å². The molecule has 0 spiro atoms. The van der Waals surface area contributed by atoms with Gasteiger partial charge < -0.3 is 9.15 Å². The van der Waals surface area contributed by atoms with Crippen molar-refractivity contribution in [3.8, 4) is 0 Å². The first-order valence-corrected chi connectivity index (χ1v) is 4.17. The van der Waals surface area contributed by atoms with Gasteiger partial charge >= 0.3 is 5.97 Å². The van der Waals surface area contributed by atoms with Crippen molar-refractivity contribution in [2.24, 2.45) is 0 Å². The number of aryl methyl sites for hydroxylation is 1. The highest BCUT2D eigenvalue weighted by Gasteiger charge is 2.21. The van der Waals surface area contributed by atoms with Gasteiger partial charge in [0.25, 0.3) is 0 Å². The Hall–Kier alpha value is -1.25. The smallest absolute Gasteiger partial charge is 0.375 e. The normalized spacial score (nSPS) is 11.4. The Morgan fingerprint density at radius 3 is 2.46 bits per heavy atom. The van der Waals surface area contributed by atoms with Crippen molar-refractivity contribution in [2.75, 3.05) is 0 Å². The molecule has 72 valence electrons. The highest BCUT2D eigenvalue weighted by atomic mass is 16.6. The minimum atomic E-state index is -0.476. The SMILES string of the molecule is Cc1ccoc1C(=O)OC(C)(C)C. The van der Waals surface area contributed by atoms with Crippen molar-refractivity contribution >= 4 is 5.97 Å². The van der Waals surface area contributed by atoms with E-state index in [4.69, 9.17) is 9.15 Å². The van der Waals surface area contributed by atoms with E-state index in [-0.39, 0.29) is 5.76 Å². The third-order valence-electron chi connectivity index (χ3n) is 1.45. The summed E-state index contributed by atoms with van der Waals surface area (Å²) in [5.74, 6) is -0.120. The molecular weight excluding hydrogens is 168 g/mol. The van der Waals surface area contributed by atoms with E-state index < -0.39 is 11.6 Å². The maximum atomic E-state index is 11.4. The molecule has 1 rings (SSSR count). The van der Waals surface area contributed by atoms with Crippen LogP contribution < -0.4 is 0 Å².